The molecule has 6 heteroatoms. The Hall–Kier alpha value is -2.86. The van der Waals surface area contributed by atoms with Crippen molar-refractivity contribution < 1.29 is 0 Å². The van der Waals surface area contributed by atoms with E-state index < -0.39 is 0 Å². The van der Waals surface area contributed by atoms with Crippen LogP contribution in [0.25, 0.3) is 0 Å². The van der Waals surface area contributed by atoms with Crippen molar-refractivity contribution in [1.29, 1.82) is 0 Å². The van der Waals surface area contributed by atoms with E-state index >= 15 is 0 Å². The van der Waals surface area contributed by atoms with E-state index in [4.69, 9.17) is 0 Å². The van der Waals surface area contributed by atoms with Crippen LogP contribution in [0.5, 0.6) is 0 Å². The Kier molecular flexibility index (Phi) is 5.07. The molecule has 0 unspecified atom stereocenters. The van der Waals surface area contributed by atoms with E-state index in [1.165, 1.54) is 11.1 Å². The van der Waals surface area contributed by atoms with Crippen molar-refractivity contribution in [2.24, 2.45) is 7.05 Å². The fourth-order valence-electron chi connectivity index (χ4n) is 3.58. The van der Waals surface area contributed by atoms with Gasteiger partial charge in [0.1, 0.15) is 5.82 Å². The lowest BCUT2D eigenvalue weighted by Crippen LogP contribution is -2.45. The van der Waals surface area contributed by atoms with Crippen LogP contribution in [0, 0.1) is 0 Å². The number of hydrogen-bond acceptors (Lipinski definition) is 5. The molecule has 3 atom stereocenters. The van der Waals surface area contributed by atoms with Crippen LogP contribution in [0.3, 0.4) is 0 Å². The predicted octanol–water partition coefficient (Wildman–Crippen LogP) is 3.16. The highest BCUT2D eigenvalue weighted by Gasteiger charge is 2.27. The SMILES string of the molecule is C[C@H](CN[C@H](c1ccccc1)[C@H]1CNc2cccnc2N1)c1cnn(C)c1. The molecule has 0 aliphatic carbocycles. The summed E-state index contributed by atoms with van der Waals surface area (Å²) in [4.78, 5) is 4.48. The van der Waals surface area contributed by atoms with Crippen molar-refractivity contribution in [3.8, 4) is 0 Å². The third-order valence-electron chi connectivity index (χ3n) is 5.14. The first-order chi connectivity index (χ1) is 13.2. The summed E-state index contributed by atoms with van der Waals surface area (Å²) in [7, 11) is 1.96. The first-order valence-corrected chi connectivity index (χ1v) is 9.43. The minimum atomic E-state index is 0.174. The summed E-state index contributed by atoms with van der Waals surface area (Å²) in [5.41, 5.74) is 3.58. The maximum atomic E-state index is 4.48. The van der Waals surface area contributed by atoms with E-state index in [0.29, 0.717) is 5.92 Å². The molecule has 4 rings (SSSR count). The summed E-state index contributed by atoms with van der Waals surface area (Å²) in [6.45, 7) is 3.94. The normalized spacial score (nSPS) is 18.1. The van der Waals surface area contributed by atoms with E-state index in [9.17, 15) is 0 Å². The molecule has 0 bridgehead atoms. The summed E-state index contributed by atoms with van der Waals surface area (Å²) in [6, 6.07) is 15.0. The lowest BCUT2D eigenvalue weighted by molar-refractivity contribution is 0.453. The minimum Gasteiger partial charge on any atom is -0.380 e. The van der Waals surface area contributed by atoms with Crippen LogP contribution in [-0.4, -0.2) is 33.9 Å². The second-order valence-corrected chi connectivity index (χ2v) is 7.18. The second-order valence-electron chi connectivity index (χ2n) is 7.18. The molecule has 1 aromatic carbocycles. The Labute approximate surface area is 160 Å². The molecule has 3 aromatic rings. The second kappa shape index (κ2) is 7.80. The minimum absolute atomic E-state index is 0.174. The number of aryl methyl sites for hydroxylation is 1. The molecule has 6 nitrogen and oxygen atoms in total. The molecule has 0 amide bonds. The Balaban J connectivity index is 1.51. The van der Waals surface area contributed by atoms with Gasteiger partial charge in [0.15, 0.2) is 0 Å². The predicted molar refractivity (Wildman–Crippen MR) is 109 cm³/mol. The lowest BCUT2D eigenvalue weighted by Gasteiger charge is -2.34. The van der Waals surface area contributed by atoms with Crippen LogP contribution < -0.4 is 16.0 Å². The number of nitrogens with one attached hydrogen (secondary N) is 3. The molecule has 140 valence electrons. The first kappa shape index (κ1) is 17.5. The molecule has 3 N–H and O–H groups in total. The van der Waals surface area contributed by atoms with Gasteiger partial charge < -0.3 is 16.0 Å². The third-order valence-corrected chi connectivity index (χ3v) is 5.14. The van der Waals surface area contributed by atoms with Crippen molar-refractivity contribution in [2.75, 3.05) is 23.7 Å². The molecule has 3 heterocycles. The number of benzene rings is 1. The monoisotopic (exact) mass is 362 g/mol. The Morgan fingerprint density at radius 2 is 2.04 bits per heavy atom. The van der Waals surface area contributed by atoms with Crippen LogP contribution in [0.2, 0.25) is 0 Å². The number of anilines is 2. The molecule has 0 fully saturated rings. The summed E-state index contributed by atoms with van der Waals surface area (Å²) in [6.07, 6.45) is 5.86. The Bertz CT molecular complexity index is 875. The number of fused-ring (bicyclic) bond motifs is 1. The van der Waals surface area contributed by atoms with Crippen LogP contribution in [0.1, 0.15) is 30.0 Å². The van der Waals surface area contributed by atoms with E-state index in [1.54, 1.807) is 0 Å². The van der Waals surface area contributed by atoms with Gasteiger partial charge in [-0.05, 0) is 29.2 Å². The van der Waals surface area contributed by atoms with Crippen molar-refractivity contribution in [3.63, 3.8) is 0 Å². The molecule has 0 saturated carbocycles. The van der Waals surface area contributed by atoms with Crippen molar-refractivity contribution in [2.45, 2.75) is 24.9 Å². The first-order valence-electron chi connectivity index (χ1n) is 9.43. The van der Waals surface area contributed by atoms with Crippen LogP contribution >= 0.6 is 0 Å². The molecule has 27 heavy (non-hydrogen) atoms. The summed E-state index contributed by atoms with van der Waals surface area (Å²) >= 11 is 0. The van der Waals surface area contributed by atoms with Crippen molar-refractivity contribution in [3.05, 3.63) is 72.2 Å². The molecule has 0 saturated heterocycles. The number of nitrogens with zero attached hydrogens (tertiary/aromatic N) is 3. The van der Waals surface area contributed by atoms with E-state index in [1.807, 2.05) is 30.2 Å². The fourth-order valence-corrected chi connectivity index (χ4v) is 3.58. The lowest BCUT2D eigenvalue weighted by atomic mass is 9.96. The topological polar surface area (TPSA) is 66.8 Å². The van der Waals surface area contributed by atoms with E-state index in [2.05, 4.69) is 75.6 Å². The molecule has 0 spiro atoms. The Morgan fingerprint density at radius 1 is 1.19 bits per heavy atom. The van der Waals surface area contributed by atoms with E-state index in [0.717, 1.165) is 24.6 Å². The van der Waals surface area contributed by atoms with Crippen molar-refractivity contribution >= 4 is 11.5 Å². The van der Waals surface area contributed by atoms with Gasteiger partial charge in [0.25, 0.3) is 0 Å². The van der Waals surface area contributed by atoms with Gasteiger partial charge in [0.05, 0.1) is 24.0 Å². The summed E-state index contributed by atoms with van der Waals surface area (Å²) < 4.78 is 1.86. The van der Waals surface area contributed by atoms with Gasteiger partial charge in [-0.15, -0.1) is 0 Å². The highest BCUT2D eigenvalue weighted by Crippen LogP contribution is 2.28. The zero-order valence-corrected chi connectivity index (χ0v) is 15.8. The van der Waals surface area contributed by atoms with Gasteiger partial charge in [-0.25, -0.2) is 4.98 Å². The van der Waals surface area contributed by atoms with Gasteiger partial charge in [0.2, 0.25) is 0 Å². The summed E-state index contributed by atoms with van der Waals surface area (Å²) in [5.74, 6) is 1.30. The number of pyridine rings is 1. The number of hydrogen-bond donors (Lipinski definition) is 3. The zero-order chi connectivity index (χ0) is 18.6. The molecule has 1 aliphatic heterocycles. The van der Waals surface area contributed by atoms with Crippen LogP contribution in [0.15, 0.2) is 61.1 Å². The zero-order valence-electron chi connectivity index (χ0n) is 15.8. The van der Waals surface area contributed by atoms with Gasteiger partial charge in [-0.2, -0.15) is 5.10 Å². The quantitative estimate of drug-likeness (QED) is 0.629. The van der Waals surface area contributed by atoms with Gasteiger partial charge in [-0.3, -0.25) is 4.68 Å². The highest BCUT2D eigenvalue weighted by molar-refractivity contribution is 5.67. The molecular weight excluding hydrogens is 336 g/mol. The van der Waals surface area contributed by atoms with Crippen LogP contribution in [-0.2, 0) is 7.05 Å². The maximum Gasteiger partial charge on any atom is 0.149 e. The molecule has 0 radical (unpaired) electrons. The number of rotatable bonds is 6. The van der Waals surface area contributed by atoms with Gasteiger partial charge >= 0.3 is 0 Å². The molecule has 2 aromatic heterocycles. The van der Waals surface area contributed by atoms with E-state index in [-0.39, 0.29) is 12.1 Å². The molecular formula is C21H26N6. The molecule has 1 aliphatic rings. The Morgan fingerprint density at radius 3 is 2.81 bits per heavy atom. The average molecular weight is 362 g/mol. The largest absolute Gasteiger partial charge is 0.380 e. The number of aromatic nitrogens is 3. The standard InChI is InChI=1S/C21H26N6/c1-15(17-12-25-27(2)14-17)11-24-20(16-7-4-3-5-8-16)19-13-23-18-9-6-10-22-21(18)26-19/h3-10,12,14-15,19-20,23-24H,11,13H2,1-2H3,(H,22,26)/t15-,19-,20-/m1/s1. The third kappa shape index (κ3) is 3.95. The fraction of sp³-hybridized carbons (Fsp3) is 0.333. The van der Waals surface area contributed by atoms with Crippen LogP contribution in [0.4, 0.5) is 11.5 Å². The van der Waals surface area contributed by atoms with Gasteiger partial charge in [-0.1, -0.05) is 37.3 Å². The maximum absolute atomic E-state index is 4.48. The highest BCUT2D eigenvalue weighted by atomic mass is 15.2. The summed E-state index contributed by atoms with van der Waals surface area (Å²) in [5, 5.41) is 15.2. The van der Waals surface area contributed by atoms with Gasteiger partial charge in [0, 0.05) is 32.5 Å². The smallest absolute Gasteiger partial charge is 0.149 e. The van der Waals surface area contributed by atoms with Crippen molar-refractivity contribution in [1.82, 2.24) is 20.1 Å². The average Bonchev–Trinajstić information content (AvgIpc) is 3.15.